The monoisotopic (exact) mass is 329 g/mol. The molecule has 0 radical (unpaired) electrons. The number of aromatic amines is 1. The van der Waals surface area contributed by atoms with Crippen LogP contribution >= 0.6 is 0 Å². The van der Waals surface area contributed by atoms with Gasteiger partial charge in [-0.25, -0.2) is 0 Å². The lowest BCUT2D eigenvalue weighted by Crippen LogP contribution is -2.12. The second kappa shape index (κ2) is 6.13. The van der Waals surface area contributed by atoms with Crippen molar-refractivity contribution in [1.29, 1.82) is 0 Å². The number of amides is 1. The molecular weight excluding hydrogens is 314 g/mol. The molecule has 5 heteroatoms. The molecule has 0 aliphatic carbocycles. The predicted molar refractivity (Wildman–Crippen MR) is 97.6 cm³/mol. The van der Waals surface area contributed by atoms with Crippen molar-refractivity contribution < 1.29 is 9.90 Å². The van der Waals surface area contributed by atoms with E-state index in [9.17, 15) is 9.90 Å². The van der Waals surface area contributed by atoms with Crippen LogP contribution in [0, 0.1) is 0 Å². The van der Waals surface area contributed by atoms with E-state index in [1.54, 1.807) is 30.3 Å². The maximum atomic E-state index is 12.4. The number of anilines is 1. The molecular formula is C20H15N3O2. The van der Waals surface area contributed by atoms with Gasteiger partial charge in [-0.2, -0.15) is 5.10 Å². The van der Waals surface area contributed by atoms with Crippen LogP contribution in [0.25, 0.3) is 22.0 Å². The van der Waals surface area contributed by atoms with Gasteiger partial charge >= 0.3 is 0 Å². The highest BCUT2D eigenvalue weighted by molar-refractivity contribution is 6.04. The van der Waals surface area contributed by atoms with Gasteiger partial charge in [-0.1, -0.05) is 30.3 Å². The molecule has 5 nitrogen and oxygen atoms in total. The summed E-state index contributed by atoms with van der Waals surface area (Å²) >= 11 is 0. The third-order valence-electron chi connectivity index (χ3n) is 3.99. The molecule has 0 atom stereocenters. The van der Waals surface area contributed by atoms with Gasteiger partial charge in [0.2, 0.25) is 0 Å². The number of carbonyl (C=O) groups is 1. The van der Waals surface area contributed by atoms with Gasteiger partial charge in [-0.3, -0.25) is 9.89 Å². The summed E-state index contributed by atoms with van der Waals surface area (Å²) in [4.78, 5) is 12.4. The third-order valence-corrected chi connectivity index (χ3v) is 3.99. The largest absolute Gasteiger partial charge is 0.508 e. The molecule has 1 heterocycles. The Balaban J connectivity index is 1.55. The van der Waals surface area contributed by atoms with E-state index in [-0.39, 0.29) is 11.7 Å². The Labute approximate surface area is 143 Å². The molecule has 122 valence electrons. The summed E-state index contributed by atoms with van der Waals surface area (Å²) in [5.74, 6) is -0.0682. The molecule has 0 aliphatic rings. The summed E-state index contributed by atoms with van der Waals surface area (Å²) in [6.45, 7) is 0. The molecule has 1 aromatic heterocycles. The zero-order chi connectivity index (χ0) is 17.2. The number of hydrogen-bond donors (Lipinski definition) is 3. The minimum absolute atomic E-state index is 0.188. The van der Waals surface area contributed by atoms with E-state index < -0.39 is 0 Å². The first-order valence-electron chi connectivity index (χ1n) is 7.84. The molecule has 4 aromatic rings. The number of hydrogen-bond acceptors (Lipinski definition) is 3. The van der Waals surface area contributed by atoms with E-state index in [0.29, 0.717) is 11.4 Å². The number of nitrogens with one attached hydrogen (secondary N) is 2. The predicted octanol–water partition coefficient (Wildman–Crippen LogP) is 4.19. The summed E-state index contributed by atoms with van der Waals surface area (Å²) in [7, 11) is 0. The maximum Gasteiger partial charge on any atom is 0.273 e. The number of aromatic nitrogens is 2. The van der Waals surface area contributed by atoms with Crippen LogP contribution in [0.4, 0.5) is 5.69 Å². The molecule has 0 bridgehead atoms. The zero-order valence-corrected chi connectivity index (χ0v) is 13.2. The lowest BCUT2D eigenvalue weighted by atomic mass is 10.1. The van der Waals surface area contributed by atoms with Crippen molar-refractivity contribution in [3.05, 3.63) is 78.5 Å². The van der Waals surface area contributed by atoms with Crippen LogP contribution in [-0.2, 0) is 0 Å². The maximum absolute atomic E-state index is 12.4. The van der Waals surface area contributed by atoms with Gasteiger partial charge in [-0.15, -0.1) is 0 Å². The van der Waals surface area contributed by atoms with E-state index in [1.165, 1.54) is 0 Å². The van der Waals surface area contributed by atoms with Gasteiger partial charge in [0.25, 0.3) is 5.91 Å². The van der Waals surface area contributed by atoms with Crippen LogP contribution in [0.15, 0.2) is 72.8 Å². The fourth-order valence-corrected chi connectivity index (χ4v) is 2.68. The Kier molecular flexibility index (Phi) is 3.67. The van der Waals surface area contributed by atoms with Gasteiger partial charge in [0.1, 0.15) is 11.4 Å². The molecule has 3 aromatic carbocycles. The highest BCUT2D eigenvalue weighted by atomic mass is 16.3. The molecule has 0 saturated heterocycles. The topological polar surface area (TPSA) is 78.0 Å². The van der Waals surface area contributed by atoms with Crippen LogP contribution in [0.5, 0.6) is 5.75 Å². The Morgan fingerprint density at radius 1 is 0.920 bits per heavy atom. The summed E-state index contributed by atoms with van der Waals surface area (Å²) in [5.41, 5.74) is 2.56. The zero-order valence-electron chi connectivity index (χ0n) is 13.2. The van der Waals surface area contributed by atoms with Crippen LogP contribution < -0.4 is 5.32 Å². The van der Waals surface area contributed by atoms with Crippen molar-refractivity contribution in [3.63, 3.8) is 0 Å². The van der Waals surface area contributed by atoms with E-state index in [4.69, 9.17) is 0 Å². The number of fused-ring (bicyclic) bond motifs is 1. The second-order valence-electron chi connectivity index (χ2n) is 5.73. The van der Waals surface area contributed by atoms with Gasteiger partial charge in [0.05, 0.1) is 5.69 Å². The van der Waals surface area contributed by atoms with E-state index in [2.05, 4.69) is 15.5 Å². The molecule has 0 fully saturated rings. The Hall–Kier alpha value is -3.60. The summed E-state index contributed by atoms with van der Waals surface area (Å²) in [6, 6.07) is 22.1. The molecule has 4 rings (SSSR count). The molecule has 0 unspecified atom stereocenters. The molecule has 0 spiro atoms. The number of nitrogens with zero attached hydrogens (tertiary/aromatic N) is 1. The molecule has 1 amide bonds. The van der Waals surface area contributed by atoms with E-state index >= 15 is 0 Å². The Morgan fingerprint density at radius 2 is 1.68 bits per heavy atom. The van der Waals surface area contributed by atoms with E-state index in [1.807, 2.05) is 42.5 Å². The third kappa shape index (κ3) is 3.07. The normalized spacial score (nSPS) is 10.7. The van der Waals surface area contributed by atoms with Crippen molar-refractivity contribution >= 4 is 22.4 Å². The highest BCUT2D eigenvalue weighted by Gasteiger charge is 2.11. The van der Waals surface area contributed by atoms with Crippen molar-refractivity contribution in [2.75, 3.05) is 5.32 Å². The van der Waals surface area contributed by atoms with E-state index in [0.717, 1.165) is 22.0 Å². The van der Waals surface area contributed by atoms with Crippen LogP contribution in [0.2, 0.25) is 0 Å². The van der Waals surface area contributed by atoms with Gasteiger partial charge in [0.15, 0.2) is 0 Å². The number of carbonyl (C=O) groups excluding carboxylic acids is 1. The summed E-state index contributed by atoms with van der Waals surface area (Å²) in [5, 5.41) is 21.3. The fourth-order valence-electron chi connectivity index (χ4n) is 2.68. The SMILES string of the molecule is O=C(Nc1ccc2ccccc2c1)c1cc(-c2ccc(O)cc2)n[nH]1. The molecule has 0 aliphatic heterocycles. The molecule has 3 N–H and O–H groups in total. The lowest BCUT2D eigenvalue weighted by molar-refractivity contribution is 0.102. The van der Waals surface area contributed by atoms with Crippen molar-refractivity contribution in [3.8, 4) is 17.0 Å². The second-order valence-corrected chi connectivity index (χ2v) is 5.73. The quantitative estimate of drug-likeness (QED) is 0.527. The first-order chi connectivity index (χ1) is 12.2. The Morgan fingerprint density at radius 3 is 2.48 bits per heavy atom. The minimum Gasteiger partial charge on any atom is -0.508 e. The standard InChI is InChI=1S/C20H15N3O2/c24-17-9-6-14(7-10-17)18-12-19(23-22-18)20(25)21-16-8-5-13-3-1-2-4-15(13)11-16/h1-12,24H,(H,21,25)(H,22,23). The Bertz CT molecular complexity index is 1050. The lowest BCUT2D eigenvalue weighted by Gasteiger charge is -2.05. The number of aromatic hydroxyl groups is 1. The average Bonchev–Trinajstić information content (AvgIpc) is 3.12. The number of phenols is 1. The average molecular weight is 329 g/mol. The first-order valence-corrected chi connectivity index (χ1v) is 7.84. The van der Waals surface area contributed by atoms with Crippen molar-refractivity contribution in [2.24, 2.45) is 0 Å². The smallest absolute Gasteiger partial charge is 0.273 e. The molecule has 25 heavy (non-hydrogen) atoms. The number of phenolic OH excluding ortho intramolecular Hbond substituents is 1. The van der Waals surface area contributed by atoms with Crippen LogP contribution in [0.1, 0.15) is 10.5 Å². The van der Waals surface area contributed by atoms with Crippen LogP contribution in [0.3, 0.4) is 0 Å². The highest BCUT2D eigenvalue weighted by Crippen LogP contribution is 2.22. The number of rotatable bonds is 3. The van der Waals surface area contributed by atoms with Crippen molar-refractivity contribution in [1.82, 2.24) is 10.2 Å². The minimum atomic E-state index is -0.257. The summed E-state index contributed by atoms with van der Waals surface area (Å²) in [6.07, 6.45) is 0. The fraction of sp³-hybridized carbons (Fsp3) is 0. The first kappa shape index (κ1) is 15.0. The summed E-state index contributed by atoms with van der Waals surface area (Å²) < 4.78 is 0. The van der Waals surface area contributed by atoms with Gasteiger partial charge < -0.3 is 10.4 Å². The number of benzene rings is 3. The van der Waals surface area contributed by atoms with Crippen LogP contribution in [-0.4, -0.2) is 21.2 Å². The molecule has 0 saturated carbocycles. The van der Waals surface area contributed by atoms with Gasteiger partial charge in [0, 0.05) is 11.3 Å². The van der Waals surface area contributed by atoms with Gasteiger partial charge in [-0.05, 0) is 53.2 Å². The van der Waals surface area contributed by atoms with Crippen molar-refractivity contribution in [2.45, 2.75) is 0 Å². The number of H-pyrrole nitrogens is 1.